The molecule has 2 amide bonds. The van der Waals surface area contributed by atoms with E-state index in [1.54, 1.807) is 15.5 Å². The fraction of sp³-hybridized carbons (Fsp3) is 0.588. The molecule has 0 saturated carbocycles. The van der Waals surface area contributed by atoms with Crippen molar-refractivity contribution in [2.24, 2.45) is 0 Å². The van der Waals surface area contributed by atoms with E-state index in [9.17, 15) is 14.4 Å². The molecule has 3 rings (SSSR count). The highest BCUT2D eigenvalue weighted by Gasteiger charge is 2.46. The van der Waals surface area contributed by atoms with Crippen LogP contribution in [-0.2, 0) is 10.4 Å². The summed E-state index contributed by atoms with van der Waals surface area (Å²) in [7, 11) is 0. The van der Waals surface area contributed by atoms with E-state index in [4.69, 9.17) is 4.74 Å². The van der Waals surface area contributed by atoms with Crippen LogP contribution in [0.1, 0.15) is 49.7 Å². The number of carbonyl (C=O) groups excluding carboxylic acids is 2. The molecular formula is C17H23N3O4. The van der Waals surface area contributed by atoms with Crippen LogP contribution >= 0.6 is 0 Å². The number of likely N-dealkylation sites (tertiary alicyclic amines) is 1. The third-order valence-electron chi connectivity index (χ3n) is 4.53. The van der Waals surface area contributed by atoms with E-state index in [1.165, 1.54) is 6.07 Å². The van der Waals surface area contributed by atoms with Gasteiger partial charge in [0.25, 0.3) is 11.5 Å². The van der Waals surface area contributed by atoms with Crippen LogP contribution < -0.4 is 10.9 Å². The van der Waals surface area contributed by atoms with Crippen molar-refractivity contribution >= 4 is 12.0 Å². The number of rotatable bonds is 0. The first-order valence-corrected chi connectivity index (χ1v) is 8.17. The lowest BCUT2D eigenvalue weighted by atomic mass is 9.97. The van der Waals surface area contributed by atoms with Gasteiger partial charge in [-0.3, -0.25) is 14.2 Å². The second-order valence-electron chi connectivity index (χ2n) is 7.49. The Morgan fingerprint density at radius 3 is 2.42 bits per heavy atom. The van der Waals surface area contributed by atoms with E-state index in [0.717, 1.165) is 5.56 Å². The Hall–Kier alpha value is -2.31. The maximum atomic E-state index is 12.4. The number of ether oxygens (including phenoxy) is 1. The third kappa shape index (κ3) is 2.68. The SMILES string of the molecule is Cc1ccc(=O)n2c1C(=O)NC21CCN(C(=O)OC(C)(C)C)CC1. The first-order chi connectivity index (χ1) is 11.1. The molecule has 1 aromatic rings. The fourth-order valence-electron chi connectivity index (χ4n) is 3.40. The number of nitrogens with one attached hydrogen (secondary N) is 1. The first-order valence-electron chi connectivity index (χ1n) is 8.17. The summed E-state index contributed by atoms with van der Waals surface area (Å²) in [5.74, 6) is -0.226. The number of hydrogen-bond donors (Lipinski definition) is 1. The molecule has 1 aromatic heterocycles. The van der Waals surface area contributed by atoms with E-state index in [-0.39, 0.29) is 17.6 Å². The van der Waals surface area contributed by atoms with E-state index < -0.39 is 11.3 Å². The number of carbonyl (C=O) groups is 2. The Labute approximate surface area is 140 Å². The summed E-state index contributed by atoms with van der Waals surface area (Å²) in [6, 6.07) is 3.16. The minimum Gasteiger partial charge on any atom is -0.444 e. The maximum Gasteiger partial charge on any atom is 0.410 e. The molecule has 7 heteroatoms. The van der Waals surface area contributed by atoms with Crippen molar-refractivity contribution in [1.82, 2.24) is 14.8 Å². The lowest BCUT2D eigenvalue weighted by Crippen LogP contribution is -2.55. The van der Waals surface area contributed by atoms with Gasteiger partial charge in [-0.05, 0) is 33.3 Å². The summed E-state index contributed by atoms with van der Waals surface area (Å²) >= 11 is 0. The van der Waals surface area contributed by atoms with Gasteiger partial charge in [-0.25, -0.2) is 4.79 Å². The van der Waals surface area contributed by atoms with Crippen molar-refractivity contribution in [1.29, 1.82) is 0 Å². The van der Waals surface area contributed by atoms with Gasteiger partial charge in [-0.2, -0.15) is 0 Å². The zero-order valence-electron chi connectivity index (χ0n) is 14.5. The van der Waals surface area contributed by atoms with Crippen LogP contribution in [0, 0.1) is 6.92 Å². The predicted octanol–water partition coefficient (Wildman–Crippen LogP) is 1.58. The number of aromatic nitrogens is 1. The average Bonchev–Trinajstić information content (AvgIpc) is 2.75. The standard InChI is InChI=1S/C17H23N3O4/c1-11-5-6-12(21)20-13(11)14(22)18-17(20)7-9-19(10-8-17)15(23)24-16(2,3)4/h5-6H,7-10H2,1-4H3,(H,18,22). The van der Waals surface area contributed by atoms with Crippen molar-refractivity contribution < 1.29 is 14.3 Å². The van der Waals surface area contributed by atoms with Gasteiger partial charge < -0.3 is 15.0 Å². The van der Waals surface area contributed by atoms with Crippen molar-refractivity contribution in [3.63, 3.8) is 0 Å². The van der Waals surface area contributed by atoms with Gasteiger partial charge in [0.1, 0.15) is 17.0 Å². The highest BCUT2D eigenvalue weighted by molar-refractivity contribution is 5.96. The average molecular weight is 333 g/mol. The molecule has 3 heterocycles. The number of nitrogens with zero attached hydrogens (tertiary/aromatic N) is 2. The molecule has 1 N–H and O–H groups in total. The minimum atomic E-state index is -0.742. The molecule has 0 aromatic carbocycles. The van der Waals surface area contributed by atoms with Crippen LogP contribution in [0.25, 0.3) is 0 Å². The summed E-state index contributed by atoms with van der Waals surface area (Å²) in [5, 5.41) is 2.97. The summed E-state index contributed by atoms with van der Waals surface area (Å²) in [6.07, 6.45) is 0.598. The molecular weight excluding hydrogens is 310 g/mol. The molecule has 7 nitrogen and oxygen atoms in total. The van der Waals surface area contributed by atoms with Gasteiger partial charge >= 0.3 is 6.09 Å². The Morgan fingerprint density at radius 1 is 1.21 bits per heavy atom. The molecule has 1 spiro atoms. The number of pyridine rings is 1. The van der Waals surface area contributed by atoms with Crippen LogP contribution in [0.3, 0.4) is 0 Å². The number of amides is 2. The molecule has 2 aliphatic rings. The summed E-state index contributed by atoms with van der Waals surface area (Å²) in [6.45, 7) is 8.15. The Kier molecular flexibility index (Phi) is 3.69. The van der Waals surface area contributed by atoms with Gasteiger partial charge in [0, 0.05) is 32.0 Å². The molecule has 0 unspecified atom stereocenters. The van der Waals surface area contributed by atoms with Crippen LogP contribution in [-0.4, -0.2) is 40.2 Å². The molecule has 1 saturated heterocycles. The molecule has 2 aliphatic heterocycles. The normalized spacial score (nSPS) is 19.2. The highest BCUT2D eigenvalue weighted by atomic mass is 16.6. The second-order valence-corrected chi connectivity index (χ2v) is 7.49. The smallest absolute Gasteiger partial charge is 0.410 e. The van der Waals surface area contributed by atoms with Crippen LogP contribution in [0.5, 0.6) is 0 Å². The molecule has 0 radical (unpaired) electrons. The summed E-state index contributed by atoms with van der Waals surface area (Å²) in [5.41, 5.74) is -0.283. The zero-order chi connectivity index (χ0) is 17.7. The van der Waals surface area contributed by atoms with Crippen molar-refractivity contribution in [2.75, 3.05) is 13.1 Å². The zero-order valence-corrected chi connectivity index (χ0v) is 14.5. The molecule has 24 heavy (non-hydrogen) atoms. The van der Waals surface area contributed by atoms with E-state index in [0.29, 0.717) is 31.6 Å². The van der Waals surface area contributed by atoms with Crippen LogP contribution in [0.2, 0.25) is 0 Å². The van der Waals surface area contributed by atoms with Crippen molar-refractivity contribution in [2.45, 2.75) is 51.8 Å². The van der Waals surface area contributed by atoms with Crippen LogP contribution in [0.4, 0.5) is 4.79 Å². The minimum absolute atomic E-state index is 0.195. The van der Waals surface area contributed by atoms with E-state index in [1.807, 2.05) is 27.7 Å². The van der Waals surface area contributed by atoms with E-state index in [2.05, 4.69) is 5.32 Å². The number of fused-ring (bicyclic) bond motifs is 2. The molecule has 0 aliphatic carbocycles. The van der Waals surface area contributed by atoms with Gasteiger partial charge in [-0.15, -0.1) is 0 Å². The van der Waals surface area contributed by atoms with E-state index >= 15 is 0 Å². The second kappa shape index (κ2) is 5.36. The number of piperidine rings is 1. The maximum absolute atomic E-state index is 12.4. The monoisotopic (exact) mass is 333 g/mol. The highest BCUT2D eigenvalue weighted by Crippen LogP contribution is 2.33. The van der Waals surface area contributed by atoms with Gasteiger partial charge in [-0.1, -0.05) is 6.07 Å². The van der Waals surface area contributed by atoms with Crippen molar-refractivity contribution in [3.05, 3.63) is 33.7 Å². The largest absolute Gasteiger partial charge is 0.444 e. The number of aryl methyl sites for hydroxylation is 1. The topological polar surface area (TPSA) is 80.6 Å². The quantitative estimate of drug-likeness (QED) is 0.782. The molecule has 0 atom stereocenters. The first kappa shape index (κ1) is 16.5. The third-order valence-corrected chi connectivity index (χ3v) is 4.53. The lowest BCUT2D eigenvalue weighted by Gasteiger charge is -2.40. The molecule has 0 bridgehead atoms. The molecule has 1 fully saturated rings. The summed E-state index contributed by atoms with van der Waals surface area (Å²) in [4.78, 5) is 38.5. The number of hydrogen-bond acceptors (Lipinski definition) is 4. The fourth-order valence-corrected chi connectivity index (χ4v) is 3.40. The van der Waals surface area contributed by atoms with Gasteiger partial charge in [0.2, 0.25) is 0 Å². The summed E-state index contributed by atoms with van der Waals surface area (Å²) < 4.78 is 6.96. The van der Waals surface area contributed by atoms with Crippen LogP contribution in [0.15, 0.2) is 16.9 Å². The Bertz CT molecular complexity index is 752. The Morgan fingerprint density at radius 2 is 1.83 bits per heavy atom. The van der Waals surface area contributed by atoms with Gasteiger partial charge in [0.15, 0.2) is 0 Å². The predicted molar refractivity (Wildman–Crippen MR) is 87.9 cm³/mol. The van der Waals surface area contributed by atoms with Crippen molar-refractivity contribution in [3.8, 4) is 0 Å². The lowest BCUT2D eigenvalue weighted by molar-refractivity contribution is 0.00951. The molecule has 130 valence electrons. The van der Waals surface area contributed by atoms with Gasteiger partial charge in [0.05, 0.1) is 0 Å². The Balaban J connectivity index is 1.83.